The van der Waals surface area contributed by atoms with E-state index in [2.05, 4.69) is 52.3 Å². The van der Waals surface area contributed by atoms with Crippen LogP contribution in [0.3, 0.4) is 0 Å². The first kappa shape index (κ1) is 14.5. The predicted molar refractivity (Wildman–Crippen MR) is 87.9 cm³/mol. The average Bonchev–Trinajstić information content (AvgIpc) is 3.20. The molecule has 2 unspecified atom stereocenters. The van der Waals surface area contributed by atoms with Crippen LogP contribution in [0.2, 0.25) is 0 Å². The van der Waals surface area contributed by atoms with Crippen LogP contribution in [0.25, 0.3) is 0 Å². The molecule has 0 spiro atoms. The zero-order chi connectivity index (χ0) is 14.7. The van der Waals surface area contributed by atoms with Crippen molar-refractivity contribution in [2.24, 2.45) is 0 Å². The van der Waals surface area contributed by atoms with Gasteiger partial charge in [0, 0.05) is 22.2 Å². The Kier molecular flexibility index (Phi) is 4.53. The fraction of sp³-hybridized carbons (Fsp3) is 0.312. The van der Waals surface area contributed by atoms with Crippen molar-refractivity contribution in [3.05, 3.63) is 62.6 Å². The Balaban J connectivity index is 1.76. The first-order valence-corrected chi connectivity index (χ1v) is 8.72. The van der Waals surface area contributed by atoms with Crippen LogP contribution in [0.4, 0.5) is 0 Å². The van der Waals surface area contributed by atoms with E-state index < -0.39 is 0 Å². The molecule has 0 fully saturated rings. The van der Waals surface area contributed by atoms with Crippen molar-refractivity contribution in [1.29, 1.82) is 0 Å². The lowest BCUT2D eigenvalue weighted by Gasteiger charge is -2.20. The lowest BCUT2D eigenvalue weighted by atomic mass is 10.1. The number of nitrogens with zero attached hydrogens (tertiary/aromatic N) is 1. The van der Waals surface area contributed by atoms with Crippen molar-refractivity contribution >= 4 is 22.7 Å². The maximum absolute atomic E-state index is 5.63. The fourth-order valence-electron chi connectivity index (χ4n) is 2.31. The normalized spacial score (nSPS) is 14.2. The van der Waals surface area contributed by atoms with Crippen molar-refractivity contribution in [2.75, 3.05) is 0 Å². The van der Waals surface area contributed by atoms with E-state index in [1.807, 2.05) is 6.92 Å². The van der Waals surface area contributed by atoms with Crippen molar-refractivity contribution < 1.29 is 4.42 Å². The van der Waals surface area contributed by atoms with Crippen LogP contribution in [0, 0.1) is 6.92 Å². The summed E-state index contributed by atoms with van der Waals surface area (Å²) >= 11 is 3.59. The lowest BCUT2D eigenvalue weighted by Crippen LogP contribution is -2.25. The number of thiophene rings is 2. The minimum atomic E-state index is 0.0887. The first-order valence-electron chi connectivity index (χ1n) is 6.96. The molecule has 0 saturated heterocycles. The van der Waals surface area contributed by atoms with Gasteiger partial charge in [0.2, 0.25) is 5.89 Å². The van der Waals surface area contributed by atoms with Gasteiger partial charge in [-0.1, -0.05) is 12.1 Å². The summed E-state index contributed by atoms with van der Waals surface area (Å²) in [5.74, 6) is 1.60. The first-order chi connectivity index (χ1) is 10.2. The molecule has 110 valence electrons. The van der Waals surface area contributed by atoms with Gasteiger partial charge >= 0.3 is 0 Å². The highest BCUT2D eigenvalue weighted by molar-refractivity contribution is 7.10. The van der Waals surface area contributed by atoms with Gasteiger partial charge in [0.25, 0.3) is 0 Å². The third-order valence-electron chi connectivity index (χ3n) is 3.33. The Labute approximate surface area is 132 Å². The molecule has 0 saturated carbocycles. The minimum absolute atomic E-state index is 0.0887. The Hall–Kier alpha value is -1.43. The summed E-state index contributed by atoms with van der Waals surface area (Å²) < 4.78 is 5.63. The second kappa shape index (κ2) is 6.56. The highest BCUT2D eigenvalue weighted by atomic mass is 32.1. The van der Waals surface area contributed by atoms with E-state index in [1.54, 1.807) is 28.9 Å². The Bertz CT molecular complexity index is 658. The number of rotatable bonds is 6. The summed E-state index contributed by atoms with van der Waals surface area (Å²) in [4.78, 5) is 7.06. The smallest absolute Gasteiger partial charge is 0.211 e. The number of aryl methyl sites for hydroxylation is 1. The average molecular weight is 318 g/mol. The van der Waals surface area contributed by atoms with Crippen LogP contribution >= 0.6 is 22.7 Å². The molecule has 0 radical (unpaired) electrons. The largest absolute Gasteiger partial charge is 0.444 e. The second-order valence-electron chi connectivity index (χ2n) is 5.05. The van der Waals surface area contributed by atoms with Gasteiger partial charge in [-0.25, -0.2) is 4.98 Å². The Morgan fingerprint density at radius 2 is 2.05 bits per heavy atom. The molecule has 21 heavy (non-hydrogen) atoms. The molecule has 2 atom stereocenters. The van der Waals surface area contributed by atoms with Crippen LogP contribution in [0.5, 0.6) is 0 Å². The number of aromatic nitrogens is 1. The third kappa shape index (κ3) is 3.61. The summed E-state index contributed by atoms with van der Waals surface area (Å²) in [7, 11) is 0. The van der Waals surface area contributed by atoms with Crippen molar-refractivity contribution in [1.82, 2.24) is 10.3 Å². The molecular weight excluding hydrogens is 300 g/mol. The van der Waals surface area contributed by atoms with Gasteiger partial charge in [0.15, 0.2) is 0 Å². The molecule has 5 heteroatoms. The van der Waals surface area contributed by atoms with E-state index in [-0.39, 0.29) is 12.1 Å². The SMILES string of the molecule is Cc1cnc(C(C)NC(Cc2cccs2)c2cccs2)o1. The zero-order valence-corrected chi connectivity index (χ0v) is 13.7. The lowest BCUT2D eigenvalue weighted by molar-refractivity contribution is 0.373. The van der Waals surface area contributed by atoms with Crippen LogP contribution in [-0.4, -0.2) is 4.98 Å². The fourth-order valence-corrected chi connectivity index (χ4v) is 3.85. The molecular formula is C16H18N2OS2. The molecule has 0 bridgehead atoms. The molecule has 0 aliphatic rings. The highest BCUT2D eigenvalue weighted by Crippen LogP contribution is 2.27. The summed E-state index contributed by atoms with van der Waals surface area (Å²) in [5, 5.41) is 7.90. The number of hydrogen-bond donors (Lipinski definition) is 1. The number of nitrogens with one attached hydrogen (secondary N) is 1. The van der Waals surface area contributed by atoms with Crippen LogP contribution in [0.15, 0.2) is 45.6 Å². The summed E-state index contributed by atoms with van der Waals surface area (Å²) in [5.41, 5.74) is 0. The van der Waals surface area contributed by atoms with Gasteiger partial charge in [-0.05, 0) is 36.7 Å². The summed E-state index contributed by atoms with van der Waals surface area (Å²) in [6, 6.07) is 8.95. The van der Waals surface area contributed by atoms with Gasteiger partial charge in [-0.3, -0.25) is 5.32 Å². The quantitative estimate of drug-likeness (QED) is 0.713. The molecule has 3 heterocycles. The Morgan fingerprint density at radius 1 is 1.24 bits per heavy atom. The van der Waals surface area contributed by atoms with E-state index in [4.69, 9.17) is 4.42 Å². The second-order valence-corrected chi connectivity index (χ2v) is 7.06. The van der Waals surface area contributed by atoms with E-state index in [1.165, 1.54) is 9.75 Å². The monoisotopic (exact) mass is 318 g/mol. The third-order valence-corrected chi connectivity index (χ3v) is 5.22. The number of oxazole rings is 1. The molecule has 3 aromatic heterocycles. The summed E-state index contributed by atoms with van der Waals surface area (Å²) in [6.45, 7) is 4.02. The van der Waals surface area contributed by atoms with Crippen molar-refractivity contribution in [3.63, 3.8) is 0 Å². The minimum Gasteiger partial charge on any atom is -0.444 e. The topological polar surface area (TPSA) is 38.1 Å². The van der Waals surface area contributed by atoms with Gasteiger partial charge in [0.1, 0.15) is 5.76 Å². The van der Waals surface area contributed by atoms with Crippen molar-refractivity contribution in [2.45, 2.75) is 32.4 Å². The van der Waals surface area contributed by atoms with Crippen molar-refractivity contribution in [3.8, 4) is 0 Å². The molecule has 3 aromatic rings. The highest BCUT2D eigenvalue weighted by Gasteiger charge is 2.20. The number of hydrogen-bond acceptors (Lipinski definition) is 5. The van der Waals surface area contributed by atoms with E-state index in [9.17, 15) is 0 Å². The molecule has 3 nitrogen and oxygen atoms in total. The maximum atomic E-state index is 5.63. The maximum Gasteiger partial charge on any atom is 0.211 e. The molecule has 0 aliphatic heterocycles. The van der Waals surface area contributed by atoms with E-state index in [0.717, 1.165) is 18.1 Å². The zero-order valence-electron chi connectivity index (χ0n) is 12.1. The predicted octanol–water partition coefficient (Wildman–Crippen LogP) is 4.74. The molecule has 0 aliphatic carbocycles. The Morgan fingerprint density at radius 3 is 2.67 bits per heavy atom. The van der Waals surface area contributed by atoms with Crippen LogP contribution < -0.4 is 5.32 Å². The van der Waals surface area contributed by atoms with Crippen LogP contribution in [0.1, 0.15) is 40.4 Å². The van der Waals surface area contributed by atoms with Crippen LogP contribution in [-0.2, 0) is 6.42 Å². The van der Waals surface area contributed by atoms with Gasteiger partial charge in [-0.2, -0.15) is 0 Å². The van der Waals surface area contributed by atoms with Gasteiger partial charge in [-0.15, -0.1) is 22.7 Å². The van der Waals surface area contributed by atoms with E-state index in [0.29, 0.717) is 0 Å². The molecule has 0 aromatic carbocycles. The molecule has 0 amide bonds. The standard InChI is InChI=1S/C16H18N2OS2/c1-11-10-17-16(19-11)12(2)18-14(15-6-4-8-21-15)9-13-5-3-7-20-13/h3-8,10,12,14,18H,9H2,1-2H3. The van der Waals surface area contributed by atoms with Gasteiger partial charge < -0.3 is 4.42 Å². The van der Waals surface area contributed by atoms with E-state index >= 15 is 0 Å². The van der Waals surface area contributed by atoms with Gasteiger partial charge in [0.05, 0.1) is 12.2 Å². The molecule has 3 rings (SSSR count). The summed E-state index contributed by atoms with van der Waals surface area (Å²) in [6.07, 6.45) is 2.76. The molecule has 1 N–H and O–H groups in total.